The zero-order chi connectivity index (χ0) is 14.5. The summed E-state index contributed by atoms with van der Waals surface area (Å²) in [5.74, 6) is -0.424. The highest BCUT2D eigenvalue weighted by atomic mass is 19.1. The smallest absolute Gasteiger partial charge is 0.257 e. The van der Waals surface area contributed by atoms with Gasteiger partial charge in [0.25, 0.3) is 5.91 Å². The molecule has 0 bridgehead atoms. The third kappa shape index (κ3) is 2.88. The number of methoxy groups -OCH3 is 1. The largest absolute Gasteiger partial charge is 0.497 e. The van der Waals surface area contributed by atoms with Crippen LogP contribution >= 0.6 is 0 Å². The fourth-order valence-electron chi connectivity index (χ4n) is 1.82. The Morgan fingerprint density at radius 1 is 1.15 bits per heavy atom. The minimum Gasteiger partial charge on any atom is -0.497 e. The van der Waals surface area contributed by atoms with Crippen LogP contribution in [0, 0.1) is 5.82 Å². The first-order valence-corrected chi connectivity index (χ1v) is 6.07. The molecule has 0 saturated heterocycles. The minimum absolute atomic E-state index is 0.0836. The van der Waals surface area contributed by atoms with Gasteiger partial charge in [-0.1, -0.05) is 12.1 Å². The van der Waals surface area contributed by atoms with Crippen LogP contribution in [0.2, 0.25) is 0 Å². The Morgan fingerprint density at radius 2 is 1.90 bits per heavy atom. The second-order valence-corrected chi connectivity index (χ2v) is 4.10. The average molecular weight is 274 g/mol. The normalized spacial score (nSPS) is 9.95. The minimum atomic E-state index is -0.513. The summed E-state index contributed by atoms with van der Waals surface area (Å²) in [6.07, 6.45) is 0. The zero-order valence-electron chi connectivity index (χ0n) is 11.2. The molecule has 0 fully saturated rings. The monoisotopic (exact) mass is 274 g/mol. The summed E-state index contributed by atoms with van der Waals surface area (Å²) in [6, 6.07) is 11.2. The van der Waals surface area contributed by atoms with E-state index in [4.69, 9.17) is 4.74 Å². The molecule has 2 rings (SSSR count). The molecule has 0 unspecified atom stereocenters. The van der Waals surface area contributed by atoms with E-state index in [2.05, 4.69) is 10.6 Å². The van der Waals surface area contributed by atoms with Crippen molar-refractivity contribution >= 4 is 17.3 Å². The van der Waals surface area contributed by atoms with Crippen LogP contribution in [0.1, 0.15) is 10.4 Å². The molecule has 2 aromatic carbocycles. The second kappa shape index (κ2) is 6.06. The van der Waals surface area contributed by atoms with Gasteiger partial charge < -0.3 is 15.4 Å². The number of hydrogen-bond donors (Lipinski definition) is 2. The summed E-state index contributed by atoms with van der Waals surface area (Å²) >= 11 is 0. The lowest BCUT2D eigenvalue weighted by Crippen LogP contribution is -2.14. The van der Waals surface area contributed by atoms with Crippen LogP contribution in [0.15, 0.2) is 42.5 Å². The number of halogens is 1. The third-order valence-electron chi connectivity index (χ3n) is 2.86. The number of benzene rings is 2. The molecule has 0 aliphatic heterocycles. The Bertz CT molecular complexity index is 629. The summed E-state index contributed by atoms with van der Waals surface area (Å²) in [5.41, 5.74) is 1.20. The maximum Gasteiger partial charge on any atom is 0.257 e. The van der Waals surface area contributed by atoms with Crippen molar-refractivity contribution in [2.75, 3.05) is 24.8 Å². The van der Waals surface area contributed by atoms with Crippen molar-refractivity contribution in [1.29, 1.82) is 0 Å². The summed E-state index contributed by atoms with van der Waals surface area (Å²) < 4.78 is 18.7. The molecule has 0 spiro atoms. The molecule has 0 saturated carbocycles. The standard InChI is InChI=1S/C15H15FN2O2/c1-17-13-6-4-3-5-11(13)15(19)18-14-9-10(20-2)7-8-12(14)16/h3-9,17H,1-2H3,(H,18,19). The predicted molar refractivity (Wildman–Crippen MR) is 76.9 cm³/mol. The van der Waals surface area contributed by atoms with Crippen LogP contribution in [0.3, 0.4) is 0 Å². The van der Waals surface area contributed by atoms with Gasteiger partial charge in [-0.15, -0.1) is 0 Å². The first kappa shape index (κ1) is 13.9. The van der Waals surface area contributed by atoms with Crippen molar-refractivity contribution in [3.63, 3.8) is 0 Å². The van der Waals surface area contributed by atoms with Gasteiger partial charge in [-0.25, -0.2) is 4.39 Å². The van der Waals surface area contributed by atoms with E-state index in [0.29, 0.717) is 17.0 Å². The molecule has 1 amide bonds. The van der Waals surface area contributed by atoms with Crippen molar-refractivity contribution in [2.45, 2.75) is 0 Å². The first-order chi connectivity index (χ1) is 9.65. The number of ether oxygens (including phenoxy) is 1. The van der Waals surface area contributed by atoms with Crippen molar-refractivity contribution in [3.8, 4) is 5.75 Å². The molecule has 0 atom stereocenters. The Kier molecular flexibility index (Phi) is 4.20. The molecule has 20 heavy (non-hydrogen) atoms. The molecule has 2 N–H and O–H groups in total. The fourth-order valence-corrected chi connectivity index (χ4v) is 1.82. The van der Waals surface area contributed by atoms with E-state index < -0.39 is 5.82 Å². The second-order valence-electron chi connectivity index (χ2n) is 4.10. The number of carbonyl (C=O) groups excluding carboxylic acids is 1. The highest BCUT2D eigenvalue weighted by Crippen LogP contribution is 2.23. The lowest BCUT2D eigenvalue weighted by molar-refractivity contribution is 0.102. The van der Waals surface area contributed by atoms with Gasteiger partial charge in [-0.2, -0.15) is 0 Å². The first-order valence-electron chi connectivity index (χ1n) is 6.07. The summed E-state index contributed by atoms with van der Waals surface area (Å²) in [7, 11) is 3.20. The molecule has 0 radical (unpaired) electrons. The quantitative estimate of drug-likeness (QED) is 0.900. The number of anilines is 2. The van der Waals surface area contributed by atoms with Crippen LogP contribution in [0.4, 0.5) is 15.8 Å². The van der Waals surface area contributed by atoms with Gasteiger partial charge in [0.2, 0.25) is 0 Å². The Hall–Kier alpha value is -2.56. The van der Waals surface area contributed by atoms with Gasteiger partial charge in [0.15, 0.2) is 0 Å². The van der Waals surface area contributed by atoms with Crippen LogP contribution in [0.25, 0.3) is 0 Å². The molecular formula is C15H15FN2O2. The van der Waals surface area contributed by atoms with Crippen molar-refractivity contribution in [2.24, 2.45) is 0 Å². The number of amides is 1. The summed E-state index contributed by atoms with van der Waals surface area (Å²) in [4.78, 5) is 12.2. The molecular weight excluding hydrogens is 259 g/mol. The van der Waals surface area contributed by atoms with E-state index in [1.807, 2.05) is 6.07 Å². The van der Waals surface area contributed by atoms with E-state index in [0.717, 1.165) is 0 Å². The highest BCUT2D eigenvalue weighted by molar-refractivity contribution is 6.08. The van der Waals surface area contributed by atoms with Crippen LogP contribution < -0.4 is 15.4 Å². The molecule has 0 aliphatic rings. The van der Waals surface area contributed by atoms with E-state index in [1.165, 1.54) is 25.3 Å². The molecule has 2 aromatic rings. The Morgan fingerprint density at radius 3 is 2.60 bits per heavy atom. The fraction of sp³-hybridized carbons (Fsp3) is 0.133. The van der Waals surface area contributed by atoms with Crippen LogP contribution in [0.5, 0.6) is 5.75 Å². The molecule has 0 aromatic heterocycles. The van der Waals surface area contributed by atoms with Gasteiger partial charge in [-0.05, 0) is 24.3 Å². The maximum atomic E-state index is 13.7. The lowest BCUT2D eigenvalue weighted by Gasteiger charge is -2.11. The number of hydrogen-bond acceptors (Lipinski definition) is 3. The van der Waals surface area contributed by atoms with Gasteiger partial charge in [0.1, 0.15) is 11.6 Å². The summed E-state index contributed by atoms with van der Waals surface area (Å²) in [6.45, 7) is 0. The molecule has 0 heterocycles. The van der Waals surface area contributed by atoms with Crippen molar-refractivity contribution in [1.82, 2.24) is 0 Å². The van der Waals surface area contributed by atoms with Gasteiger partial charge in [0.05, 0.1) is 18.4 Å². The number of para-hydroxylation sites is 1. The molecule has 4 nitrogen and oxygen atoms in total. The van der Waals surface area contributed by atoms with Gasteiger partial charge in [-0.3, -0.25) is 4.79 Å². The predicted octanol–water partition coefficient (Wildman–Crippen LogP) is 3.13. The van der Waals surface area contributed by atoms with Crippen LogP contribution in [-0.4, -0.2) is 20.1 Å². The third-order valence-corrected chi connectivity index (χ3v) is 2.86. The maximum absolute atomic E-state index is 13.7. The number of nitrogens with one attached hydrogen (secondary N) is 2. The van der Waals surface area contributed by atoms with E-state index >= 15 is 0 Å². The van der Waals surface area contributed by atoms with Crippen molar-refractivity contribution < 1.29 is 13.9 Å². The molecule has 104 valence electrons. The zero-order valence-corrected chi connectivity index (χ0v) is 11.2. The summed E-state index contributed by atoms with van der Waals surface area (Å²) in [5, 5.41) is 5.46. The van der Waals surface area contributed by atoms with E-state index in [-0.39, 0.29) is 11.6 Å². The SMILES string of the molecule is CNc1ccccc1C(=O)Nc1cc(OC)ccc1F. The topological polar surface area (TPSA) is 50.4 Å². The van der Waals surface area contributed by atoms with E-state index in [1.54, 1.807) is 25.2 Å². The molecule has 0 aliphatic carbocycles. The van der Waals surface area contributed by atoms with Crippen molar-refractivity contribution in [3.05, 3.63) is 53.8 Å². The van der Waals surface area contributed by atoms with Gasteiger partial charge >= 0.3 is 0 Å². The van der Waals surface area contributed by atoms with E-state index in [9.17, 15) is 9.18 Å². The number of rotatable bonds is 4. The number of carbonyl (C=O) groups is 1. The lowest BCUT2D eigenvalue weighted by atomic mass is 10.1. The average Bonchev–Trinajstić information content (AvgIpc) is 2.49. The molecule has 5 heteroatoms. The van der Waals surface area contributed by atoms with Gasteiger partial charge in [0, 0.05) is 18.8 Å². The Balaban J connectivity index is 2.27. The van der Waals surface area contributed by atoms with Crippen LogP contribution in [-0.2, 0) is 0 Å². The highest BCUT2D eigenvalue weighted by Gasteiger charge is 2.13. The Labute approximate surface area is 116 Å².